The lowest BCUT2D eigenvalue weighted by Gasteiger charge is -2.38. The van der Waals surface area contributed by atoms with Crippen molar-refractivity contribution in [2.75, 3.05) is 0 Å². The molecule has 2 fully saturated rings. The van der Waals surface area contributed by atoms with Crippen molar-refractivity contribution in [2.24, 2.45) is 17.3 Å². The number of hydrogen-bond donors (Lipinski definition) is 2. The normalized spacial score (nSPS) is 46.8. The van der Waals surface area contributed by atoms with Crippen molar-refractivity contribution >= 4 is 11.8 Å². The molecule has 0 aromatic carbocycles. The number of carboxylic acids is 1. The van der Waals surface area contributed by atoms with Crippen LogP contribution in [0, 0.1) is 17.3 Å². The number of allylic oxidation sites excluding steroid dienone is 1. The molecule has 92 valence electrons. The molecule has 3 rings (SSSR count). The van der Waals surface area contributed by atoms with Gasteiger partial charge in [0.1, 0.15) is 0 Å². The summed E-state index contributed by atoms with van der Waals surface area (Å²) in [5.41, 5.74) is -0.655. The second kappa shape index (κ2) is 2.99. The van der Waals surface area contributed by atoms with E-state index in [0.29, 0.717) is 24.7 Å². The number of carboxylic acid groups (broad SMARTS) is 1. The average molecular weight is 236 g/mol. The van der Waals surface area contributed by atoms with E-state index in [1.807, 2.05) is 6.08 Å². The van der Waals surface area contributed by atoms with Crippen molar-refractivity contribution in [3.63, 3.8) is 0 Å². The Balaban J connectivity index is 2.03. The first kappa shape index (κ1) is 11.0. The Kier molecular flexibility index (Phi) is 1.93. The molecule has 0 aliphatic heterocycles. The SMILES string of the molecule is CC1(O)C=C2CC3CC(C(=O)C(=O)O)(CC23)C1. The van der Waals surface area contributed by atoms with Gasteiger partial charge in [-0.25, -0.2) is 4.79 Å². The summed E-state index contributed by atoms with van der Waals surface area (Å²) in [5.74, 6) is -1.26. The minimum atomic E-state index is -1.36. The standard InChI is InChI=1S/C13H16O4/c1-12(17)3-7-2-8-4-13(6-12,5-9(7)8)10(14)11(15)16/h3,8-9,17H,2,4-6H2,1H3,(H,15,16). The number of ketones is 1. The minimum Gasteiger partial charge on any atom is -0.475 e. The Morgan fingerprint density at radius 2 is 2.12 bits per heavy atom. The van der Waals surface area contributed by atoms with Crippen LogP contribution in [0.1, 0.15) is 32.6 Å². The van der Waals surface area contributed by atoms with Crippen molar-refractivity contribution in [3.8, 4) is 0 Å². The topological polar surface area (TPSA) is 74.6 Å². The highest BCUT2D eigenvalue weighted by Crippen LogP contribution is 2.63. The number of aliphatic hydroxyl groups is 1. The molecule has 2 N–H and O–H groups in total. The Hall–Kier alpha value is -1.16. The predicted octanol–water partition coefficient (Wildman–Crippen LogP) is 1.14. The number of Topliss-reactive ketones (excluding diaryl/α,β-unsaturated/α-hetero) is 1. The van der Waals surface area contributed by atoms with Crippen LogP contribution >= 0.6 is 0 Å². The minimum absolute atomic E-state index is 0.252. The number of carbonyl (C=O) groups excluding carboxylic acids is 1. The molecule has 0 aromatic heterocycles. The molecule has 17 heavy (non-hydrogen) atoms. The molecule has 4 unspecified atom stereocenters. The van der Waals surface area contributed by atoms with E-state index in [9.17, 15) is 14.7 Å². The summed E-state index contributed by atoms with van der Waals surface area (Å²) in [4.78, 5) is 22.9. The summed E-state index contributed by atoms with van der Waals surface area (Å²) in [6.07, 6.45) is 4.28. The number of carbonyl (C=O) groups is 2. The fourth-order valence-electron chi connectivity index (χ4n) is 4.20. The van der Waals surface area contributed by atoms with Crippen LogP contribution < -0.4 is 0 Å². The lowest BCUT2D eigenvalue weighted by atomic mass is 9.68. The van der Waals surface area contributed by atoms with Crippen molar-refractivity contribution in [2.45, 2.75) is 38.2 Å². The first-order valence-corrected chi connectivity index (χ1v) is 6.05. The first-order valence-electron chi connectivity index (χ1n) is 6.05. The van der Waals surface area contributed by atoms with Gasteiger partial charge in [0.25, 0.3) is 0 Å². The third kappa shape index (κ3) is 1.40. The molecule has 3 aliphatic rings. The van der Waals surface area contributed by atoms with Gasteiger partial charge in [0.2, 0.25) is 5.78 Å². The van der Waals surface area contributed by atoms with E-state index in [4.69, 9.17) is 5.11 Å². The van der Waals surface area contributed by atoms with Gasteiger partial charge in [-0.15, -0.1) is 0 Å². The lowest BCUT2D eigenvalue weighted by molar-refractivity contribution is -0.155. The van der Waals surface area contributed by atoms with Crippen LogP contribution in [0.3, 0.4) is 0 Å². The largest absolute Gasteiger partial charge is 0.475 e. The molecule has 0 amide bonds. The van der Waals surface area contributed by atoms with E-state index in [0.717, 1.165) is 6.42 Å². The fourth-order valence-corrected chi connectivity index (χ4v) is 4.20. The van der Waals surface area contributed by atoms with Gasteiger partial charge >= 0.3 is 5.97 Å². The molecule has 0 heterocycles. The van der Waals surface area contributed by atoms with Crippen molar-refractivity contribution in [1.82, 2.24) is 0 Å². The van der Waals surface area contributed by atoms with Gasteiger partial charge in [0, 0.05) is 5.41 Å². The summed E-state index contributed by atoms with van der Waals surface area (Å²) in [6, 6.07) is 0. The second-order valence-corrected chi connectivity index (χ2v) is 6.15. The Morgan fingerprint density at radius 1 is 1.41 bits per heavy atom. The Morgan fingerprint density at radius 3 is 2.76 bits per heavy atom. The lowest BCUT2D eigenvalue weighted by Crippen LogP contribution is -2.41. The summed E-state index contributed by atoms with van der Waals surface area (Å²) in [6.45, 7) is 1.67. The van der Waals surface area contributed by atoms with Gasteiger partial charge < -0.3 is 10.2 Å². The molecule has 0 spiro atoms. The molecule has 0 saturated heterocycles. The second-order valence-electron chi connectivity index (χ2n) is 6.15. The van der Waals surface area contributed by atoms with Gasteiger partial charge in [0.15, 0.2) is 0 Å². The van der Waals surface area contributed by atoms with E-state index < -0.39 is 22.8 Å². The maximum absolute atomic E-state index is 11.9. The summed E-state index contributed by atoms with van der Waals surface area (Å²) >= 11 is 0. The highest BCUT2D eigenvalue weighted by molar-refractivity contribution is 6.35. The molecule has 2 saturated carbocycles. The van der Waals surface area contributed by atoms with Gasteiger partial charge in [-0.05, 0) is 44.4 Å². The zero-order valence-electron chi connectivity index (χ0n) is 9.77. The van der Waals surface area contributed by atoms with Gasteiger partial charge in [-0.1, -0.05) is 11.6 Å². The van der Waals surface area contributed by atoms with Crippen LogP contribution in [0.25, 0.3) is 0 Å². The zero-order valence-corrected chi connectivity index (χ0v) is 9.77. The van der Waals surface area contributed by atoms with Gasteiger partial charge in [-0.3, -0.25) is 4.79 Å². The molecule has 0 radical (unpaired) electrons. The number of aliphatic carboxylic acids is 1. The van der Waals surface area contributed by atoms with Crippen LogP contribution in [0.2, 0.25) is 0 Å². The zero-order chi connectivity index (χ0) is 12.4. The summed E-state index contributed by atoms with van der Waals surface area (Å²) in [5, 5.41) is 19.2. The Bertz CT molecular complexity index is 448. The molecular weight excluding hydrogens is 220 g/mol. The third-order valence-corrected chi connectivity index (χ3v) is 4.68. The number of rotatable bonds is 2. The molecule has 3 aliphatic carbocycles. The van der Waals surface area contributed by atoms with Crippen LogP contribution in [0.5, 0.6) is 0 Å². The van der Waals surface area contributed by atoms with Crippen molar-refractivity contribution in [3.05, 3.63) is 11.6 Å². The quantitative estimate of drug-likeness (QED) is 0.557. The van der Waals surface area contributed by atoms with E-state index in [1.54, 1.807) is 6.92 Å². The number of hydrogen-bond acceptors (Lipinski definition) is 3. The number of fused-ring (bicyclic) bond motifs is 1. The third-order valence-electron chi connectivity index (χ3n) is 4.68. The first-order chi connectivity index (χ1) is 7.83. The van der Waals surface area contributed by atoms with E-state index in [2.05, 4.69) is 0 Å². The molecule has 4 atom stereocenters. The summed E-state index contributed by atoms with van der Waals surface area (Å²) in [7, 11) is 0. The average Bonchev–Trinajstić information content (AvgIpc) is 2.42. The van der Waals surface area contributed by atoms with E-state index in [1.165, 1.54) is 5.57 Å². The molecular formula is C13H16O4. The molecule has 0 aromatic rings. The summed E-state index contributed by atoms with van der Waals surface area (Å²) < 4.78 is 0. The maximum Gasteiger partial charge on any atom is 0.372 e. The van der Waals surface area contributed by atoms with Crippen molar-refractivity contribution in [1.29, 1.82) is 0 Å². The molecule has 2 bridgehead atoms. The maximum atomic E-state index is 11.9. The molecule has 4 heteroatoms. The predicted molar refractivity (Wildman–Crippen MR) is 59.2 cm³/mol. The van der Waals surface area contributed by atoms with Crippen LogP contribution in [0.4, 0.5) is 0 Å². The monoisotopic (exact) mass is 236 g/mol. The smallest absolute Gasteiger partial charge is 0.372 e. The highest BCUT2D eigenvalue weighted by atomic mass is 16.4. The van der Waals surface area contributed by atoms with Crippen LogP contribution in [-0.2, 0) is 9.59 Å². The van der Waals surface area contributed by atoms with E-state index in [-0.39, 0.29) is 6.42 Å². The van der Waals surface area contributed by atoms with Gasteiger partial charge in [-0.2, -0.15) is 0 Å². The molecule has 4 nitrogen and oxygen atoms in total. The van der Waals surface area contributed by atoms with Crippen LogP contribution in [0.15, 0.2) is 11.6 Å². The fraction of sp³-hybridized carbons (Fsp3) is 0.692. The Labute approximate surface area is 99.3 Å². The highest BCUT2D eigenvalue weighted by Gasteiger charge is 2.60. The van der Waals surface area contributed by atoms with Crippen molar-refractivity contribution < 1.29 is 19.8 Å². The van der Waals surface area contributed by atoms with E-state index >= 15 is 0 Å². The van der Waals surface area contributed by atoms with Gasteiger partial charge in [0.05, 0.1) is 5.60 Å². The van der Waals surface area contributed by atoms with Crippen LogP contribution in [-0.4, -0.2) is 27.6 Å².